The smallest absolute Gasteiger partial charge is 0.170 e. The van der Waals surface area contributed by atoms with Crippen molar-refractivity contribution in [2.75, 3.05) is 13.2 Å². The standard InChI is InChI=1S/C21H24N4O2S/c1-14-12-17(15(2)25(14)13-16-6-5-11-27-16)20-19(18-7-3-4-8-22-18)23-21(28)24(20)9-10-26/h3-8,11-12,19-20,26H,9-10,13H2,1-2H3,(H,23,28). The van der Waals surface area contributed by atoms with E-state index in [0.29, 0.717) is 18.2 Å². The fourth-order valence-corrected chi connectivity index (χ4v) is 4.35. The molecule has 0 amide bonds. The Hall–Kier alpha value is -2.64. The number of aryl methyl sites for hydroxylation is 1. The number of aliphatic hydroxyl groups excluding tert-OH is 1. The third-order valence-corrected chi connectivity index (χ3v) is 5.72. The molecule has 7 heteroatoms. The molecule has 0 radical (unpaired) electrons. The van der Waals surface area contributed by atoms with Gasteiger partial charge in [0, 0.05) is 24.1 Å². The normalized spacial score (nSPS) is 19.2. The summed E-state index contributed by atoms with van der Waals surface area (Å²) in [5.74, 6) is 0.918. The summed E-state index contributed by atoms with van der Waals surface area (Å²) in [6, 6.07) is 11.9. The van der Waals surface area contributed by atoms with Crippen molar-refractivity contribution < 1.29 is 9.52 Å². The first-order chi connectivity index (χ1) is 13.6. The van der Waals surface area contributed by atoms with E-state index in [1.807, 2.05) is 30.3 Å². The van der Waals surface area contributed by atoms with Gasteiger partial charge in [-0.05, 0) is 62.0 Å². The Morgan fingerprint density at radius 3 is 2.79 bits per heavy atom. The molecule has 1 aliphatic heterocycles. The van der Waals surface area contributed by atoms with E-state index in [1.165, 1.54) is 5.56 Å². The second-order valence-corrected chi connectivity index (χ2v) is 7.42. The predicted molar refractivity (Wildman–Crippen MR) is 111 cm³/mol. The number of thiocarbonyl (C=S) groups is 1. The topological polar surface area (TPSA) is 66.5 Å². The van der Waals surface area contributed by atoms with Crippen LogP contribution in [-0.4, -0.2) is 37.8 Å². The third-order valence-electron chi connectivity index (χ3n) is 5.36. The second kappa shape index (κ2) is 7.77. The lowest BCUT2D eigenvalue weighted by Crippen LogP contribution is -2.32. The minimum atomic E-state index is -0.0715. The highest BCUT2D eigenvalue weighted by atomic mass is 32.1. The van der Waals surface area contributed by atoms with Crippen LogP contribution >= 0.6 is 12.2 Å². The lowest BCUT2D eigenvalue weighted by atomic mass is 9.97. The van der Waals surface area contributed by atoms with Crippen LogP contribution in [-0.2, 0) is 6.54 Å². The van der Waals surface area contributed by atoms with Gasteiger partial charge in [0.2, 0.25) is 0 Å². The van der Waals surface area contributed by atoms with Crippen molar-refractivity contribution in [2.45, 2.75) is 32.5 Å². The highest BCUT2D eigenvalue weighted by Gasteiger charge is 2.41. The van der Waals surface area contributed by atoms with Crippen LogP contribution in [0.2, 0.25) is 0 Å². The number of furan rings is 1. The number of hydrogen-bond donors (Lipinski definition) is 2. The number of rotatable bonds is 6. The minimum Gasteiger partial charge on any atom is -0.467 e. The summed E-state index contributed by atoms with van der Waals surface area (Å²) in [4.78, 5) is 6.62. The van der Waals surface area contributed by atoms with Gasteiger partial charge in [-0.1, -0.05) is 6.07 Å². The maximum absolute atomic E-state index is 9.60. The van der Waals surface area contributed by atoms with Gasteiger partial charge in [0.25, 0.3) is 0 Å². The molecule has 2 N–H and O–H groups in total. The molecule has 0 saturated carbocycles. The van der Waals surface area contributed by atoms with E-state index in [0.717, 1.165) is 22.8 Å². The van der Waals surface area contributed by atoms with Crippen LogP contribution < -0.4 is 5.32 Å². The first-order valence-electron chi connectivity index (χ1n) is 9.38. The van der Waals surface area contributed by atoms with Crippen LogP contribution in [0.3, 0.4) is 0 Å². The molecule has 4 rings (SSSR count). The Labute approximate surface area is 169 Å². The van der Waals surface area contributed by atoms with Gasteiger partial charge < -0.3 is 24.3 Å². The Bertz CT molecular complexity index is 952. The lowest BCUT2D eigenvalue weighted by Gasteiger charge is -2.27. The van der Waals surface area contributed by atoms with E-state index >= 15 is 0 Å². The van der Waals surface area contributed by atoms with Gasteiger partial charge in [-0.3, -0.25) is 4.98 Å². The summed E-state index contributed by atoms with van der Waals surface area (Å²) in [6.07, 6.45) is 3.50. The van der Waals surface area contributed by atoms with E-state index in [1.54, 1.807) is 12.5 Å². The molecule has 28 heavy (non-hydrogen) atoms. The summed E-state index contributed by atoms with van der Waals surface area (Å²) in [6.45, 7) is 5.43. The number of aliphatic hydroxyl groups is 1. The van der Waals surface area contributed by atoms with Gasteiger partial charge in [-0.25, -0.2) is 0 Å². The molecule has 1 fully saturated rings. The highest BCUT2D eigenvalue weighted by molar-refractivity contribution is 7.80. The highest BCUT2D eigenvalue weighted by Crippen LogP contribution is 2.40. The summed E-state index contributed by atoms with van der Waals surface area (Å²) < 4.78 is 7.79. The maximum Gasteiger partial charge on any atom is 0.170 e. The molecule has 4 heterocycles. The summed E-state index contributed by atoms with van der Waals surface area (Å²) >= 11 is 5.59. The maximum atomic E-state index is 9.60. The zero-order chi connectivity index (χ0) is 19.7. The molecule has 146 valence electrons. The lowest BCUT2D eigenvalue weighted by molar-refractivity contribution is 0.222. The van der Waals surface area contributed by atoms with E-state index in [2.05, 4.69) is 39.7 Å². The molecule has 2 atom stereocenters. The zero-order valence-electron chi connectivity index (χ0n) is 16.0. The van der Waals surface area contributed by atoms with Crippen molar-refractivity contribution in [1.29, 1.82) is 0 Å². The molecule has 1 saturated heterocycles. The quantitative estimate of drug-likeness (QED) is 0.624. The van der Waals surface area contributed by atoms with Gasteiger partial charge in [0.1, 0.15) is 5.76 Å². The number of pyridine rings is 1. The largest absolute Gasteiger partial charge is 0.467 e. The van der Waals surface area contributed by atoms with E-state index in [9.17, 15) is 5.11 Å². The first-order valence-corrected chi connectivity index (χ1v) is 9.79. The fourth-order valence-electron chi connectivity index (χ4n) is 4.02. The first kappa shape index (κ1) is 18.7. The Balaban J connectivity index is 1.76. The van der Waals surface area contributed by atoms with Gasteiger partial charge in [-0.15, -0.1) is 0 Å². The molecule has 3 aromatic heterocycles. The third kappa shape index (κ3) is 3.31. The number of nitrogens with zero attached hydrogens (tertiary/aromatic N) is 3. The van der Waals surface area contributed by atoms with Gasteiger partial charge >= 0.3 is 0 Å². The molecule has 0 spiro atoms. The SMILES string of the molecule is Cc1cc(C2C(c3ccccn3)NC(=S)N2CCO)c(C)n1Cc1ccco1. The van der Waals surface area contributed by atoms with Gasteiger partial charge in [-0.2, -0.15) is 0 Å². The molecule has 2 unspecified atom stereocenters. The second-order valence-electron chi connectivity index (χ2n) is 7.04. The van der Waals surface area contributed by atoms with Crippen molar-refractivity contribution >= 4 is 17.3 Å². The van der Waals surface area contributed by atoms with Crippen LogP contribution in [0.5, 0.6) is 0 Å². The molecule has 0 aliphatic carbocycles. The number of aromatic nitrogens is 2. The summed E-state index contributed by atoms with van der Waals surface area (Å²) in [7, 11) is 0. The van der Waals surface area contributed by atoms with Gasteiger partial charge in [0.15, 0.2) is 5.11 Å². The monoisotopic (exact) mass is 396 g/mol. The zero-order valence-corrected chi connectivity index (χ0v) is 16.8. The van der Waals surface area contributed by atoms with Crippen molar-refractivity contribution in [2.24, 2.45) is 0 Å². The van der Waals surface area contributed by atoms with Gasteiger partial charge in [0.05, 0.1) is 37.2 Å². The fraction of sp³-hybridized carbons (Fsp3) is 0.333. The molecule has 1 aliphatic rings. The van der Waals surface area contributed by atoms with Crippen molar-refractivity contribution in [1.82, 2.24) is 19.8 Å². The van der Waals surface area contributed by atoms with Crippen LogP contribution in [0, 0.1) is 13.8 Å². The average Bonchev–Trinajstić information content (AvgIpc) is 3.39. The minimum absolute atomic E-state index is 0.0360. The predicted octanol–water partition coefficient (Wildman–Crippen LogP) is 3.11. The van der Waals surface area contributed by atoms with Crippen molar-refractivity contribution in [3.63, 3.8) is 0 Å². The average molecular weight is 397 g/mol. The van der Waals surface area contributed by atoms with E-state index in [4.69, 9.17) is 16.6 Å². The molecule has 0 bridgehead atoms. The van der Waals surface area contributed by atoms with Crippen LogP contribution in [0.25, 0.3) is 0 Å². The van der Waals surface area contributed by atoms with Crippen molar-refractivity contribution in [3.05, 3.63) is 77.3 Å². The summed E-state index contributed by atoms with van der Waals surface area (Å²) in [5, 5.41) is 13.7. The Kier molecular flexibility index (Phi) is 5.19. The van der Waals surface area contributed by atoms with E-state index < -0.39 is 0 Å². The summed E-state index contributed by atoms with van der Waals surface area (Å²) in [5.41, 5.74) is 4.44. The molecule has 3 aromatic rings. The van der Waals surface area contributed by atoms with Crippen LogP contribution in [0.15, 0.2) is 53.3 Å². The molecular weight excluding hydrogens is 372 g/mol. The van der Waals surface area contributed by atoms with Crippen LogP contribution in [0.4, 0.5) is 0 Å². The Morgan fingerprint density at radius 1 is 1.25 bits per heavy atom. The van der Waals surface area contributed by atoms with Crippen LogP contribution in [0.1, 0.15) is 40.5 Å². The van der Waals surface area contributed by atoms with Crippen molar-refractivity contribution in [3.8, 4) is 0 Å². The molecule has 6 nitrogen and oxygen atoms in total. The Morgan fingerprint density at radius 2 is 2.11 bits per heavy atom. The number of hydrogen-bond acceptors (Lipinski definition) is 4. The number of β-amino-alcohol motifs (C(OH)–C–C–N with tert-alkyl or cyclic N) is 1. The molecular formula is C21H24N4O2S. The molecule has 0 aromatic carbocycles. The number of nitrogens with one attached hydrogen (secondary N) is 1. The van der Waals surface area contributed by atoms with E-state index in [-0.39, 0.29) is 18.7 Å².